The molecule has 1 aliphatic heterocycles. The number of benzene rings is 2. The Kier molecular flexibility index (Phi) is 5.06. The zero-order chi connectivity index (χ0) is 19.8. The van der Waals surface area contributed by atoms with Gasteiger partial charge in [-0.2, -0.15) is 0 Å². The minimum absolute atomic E-state index is 0.721. The van der Waals surface area contributed by atoms with Gasteiger partial charge in [0.05, 0.1) is 5.69 Å². The van der Waals surface area contributed by atoms with E-state index < -0.39 is 10.8 Å². The van der Waals surface area contributed by atoms with Crippen LogP contribution in [0.2, 0.25) is 0 Å². The molecule has 0 bridgehead atoms. The fraction of sp³-hybridized carbons (Fsp3) is 0.391. The van der Waals surface area contributed by atoms with Crippen LogP contribution in [0.5, 0.6) is 0 Å². The maximum Gasteiger partial charge on any atom is 0.226 e. The zero-order valence-electron chi connectivity index (χ0n) is 16.8. The van der Waals surface area contributed by atoms with Gasteiger partial charge in [-0.3, -0.25) is 0 Å². The van der Waals surface area contributed by atoms with Gasteiger partial charge in [0.1, 0.15) is 15.8 Å². The highest BCUT2D eigenvalue weighted by atomic mass is 32.2. The highest BCUT2D eigenvalue weighted by molar-refractivity contribution is 7.85. The number of anilines is 1. The van der Waals surface area contributed by atoms with E-state index in [9.17, 15) is 4.21 Å². The second-order valence-corrected chi connectivity index (χ2v) is 9.42. The lowest BCUT2D eigenvalue weighted by atomic mass is 9.97. The van der Waals surface area contributed by atoms with Crippen LogP contribution in [0.3, 0.4) is 0 Å². The van der Waals surface area contributed by atoms with Crippen molar-refractivity contribution in [2.45, 2.75) is 35.6 Å². The predicted molar refractivity (Wildman–Crippen MR) is 117 cm³/mol. The third-order valence-electron chi connectivity index (χ3n) is 6.03. The molecule has 6 heteroatoms. The lowest BCUT2D eigenvalue weighted by Crippen LogP contribution is -2.45. The van der Waals surface area contributed by atoms with Crippen LogP contribution in [-0.4, -0.2) is 52.3 Å². The summed E-state index contributed by atoms with van der Waals surface area (Å²) in [6.07, 6.45) is 4.15. The second-order valence-electron chi connectivity index (χ2n) is 8.03. The van der Waals surface area contributed by atoms with E-state index >= 15 is 0 Å². The Labute approximate surface area is 174 Å². The van der Waals surface area contributed by atoms with E-state index in [2.05, 4.69) is 35.0 Å². The molecule has 2 heterocycles. The van der Waals surface area contributed by atoms with E-state index in [1.165, 1.54) is 0 Å². The molecule has 2 aromatic carbocycles. The molecule has 29 heavy (non-hydrogen) atoms. The van der Waals surface area contributed by atoms with Crippen molar-refractivity contribution >= 4 is 27.5 Å². The van der Waals surface area contributed by atoms with Crippen molar-refractivity contribution in [1.82, 2.24) is 14.9 Å². The number of fused-ring (bicyclic) bond motifs is 2. The van der Waals surface area contributed by atoms with Crippen LogP contribution < -0.4 is 4.90 Å². The molecular formula is C23H26N4OS. The van der Waals surface area contributed by atoms with Gasteiger partial charge >= 0.3 is 0 Å². The predicted octanol–water partition coefficient (Wildman–Crippen LogP) is 3.43. The summed E-state index contributed by atoms with van der Waals surface area (Å²) in [6, 6.07) is 14.3. The van der Waals surface area contributed by atoms with Crippen molar-refractivity contribution in [1.29, 1.82) is 0 Å². The molecule has 0 N–H and O–H groups in total. The van der Waals surface area contributed by atoms with Gasteiger partial charge in [0.15, 0.2) is 0 Å². The van der Waals surface area contributed by atoms with Crippen molar-refractivity contribution in [3.63, 3.8) is 0 Å². The Balaban J connectivity index is 1.56. The summed E-state index contributed by atoms with van der Waals surface area (Å²) >= 11 is 0. The van der Waals surface area contributed by atoms with E-state index in [4.69, 9.17) is 9.97 Å². The first-order chi connectivity index (χ1) is 14.2. The summed E-state index contributed by atoms with van der Waals surface area (Å²) in [5.41, 5.74) is 2.21. The van der Waals surface area contributed by atoms with E-state index in [-0.39, 0.29) is 0 Å². The maximum absolute atomic E-state index is 13.6. The lowest BCUT2D eigenvalue weighted by Gasteiger charge is -2.33. The Morgan fingerprint density at radius 3 is 2.48 bits per heavy atom. The van der Waals surface area contributed by atoms with Crippen LogP contribution in [0, 0.1) is 0 Å². The first-order valence-electron chi connectivity index (χ1n) is 10.4. The van der Waals surface area contributed by atoms with Crippen LogP contribution in [0.15, 0.2) is 52.4 Å². The summed E-state index contributed by atoms with van der Waals surface area (Å²) < 4.78 is 13.6. The van der Waals surface area contributed by atoms with Crippen LogP contribution in [0.25, 0.3) is 10.8 Å². The van der Waals surface area contributed by atoms with Gasteiger partial charge in [-0.15, -0.1) is 0 Å². The first kappa shape index (κ1) is 18.7. The molecule has 5 rings (SSSR count). The zero-order valence-corrected chi connectivity index (χ0v) is 17.6. The minimum Gasteiger partial charge on any atom is -0.338 e. The van der Waals surface area contributed by atoms with E-state index in [0.717, 1.165) is 89.8 Å². The molecule has 2 aliphatic rings. The van der Waals surface area contributed by atoms with Gasteiger partial charge in [0.2, 0.25) is 5.95 Å². The third-order valence-corrected chi connectivity index (χ3v) is 7.40. The van der Waals surface area contributed by atoms with Gasteiger partial charge in [-0.05, 0) is 55.6 Å². The number of aryl methyl sites for hydroxylation is 1. The topological polar surface area (TPSA) is 49.3 Å². The number of piperazine rings is 1. The van der Waals surface area contributed by atoms with E-state index in [1.54, 1.807) is 0 Å². The average Bonchev–Trinajstić information content (AvgIpc) is 2.78. The van der Waals surface area contributed by atoms with E-state index in [1.807, 2.05) is 24.3 Å². The van der Waals surface area contributed by atoms with Crippen LogP contribution in [0.1, 0.15) is 24.1 Å². The summed E-state index contributed by atoms with van der Waals surface area (Å²) in [4.78, 5) is 15.2. The fourth-order valence-corrected chi connectivity index (χ4v) is 5.50. The van der Waals surface area contributed by atoms with Gasteiger partial charge < -0.3 is 9.80 Å². The molecule has 1 aliphatic carbocycles. The van der Waals surface area contributed by atoms with Crippen molar-refractivity contribution in [3.8, 4) is 0 Å². The largest absolute Gasteiger partial charge is 0.338 e. The van der Waals surface area contributed by atoms with Crippen LogP contribution in [0.4, 0.5) is 5.95 Å². The summed E-state index contributed by atoms with van der Waals surface area (Å²) in [7, 11) is 0.842. The Bertz CT molecular complexity index is 1080. The van der Waals surface area contributed by atoms with Crippen LogP contribution in [-0.2, 0) is 23.6 Å². The molecule has 1 unspecified atom stereocenters. The van der Waals surface area contributed by atoms with Gasteiger partial charge in [-0.1, -0.05) is 30.3 Å². The van der Waals surface area contributed by atoms with Gasteiger partial charge in [0.25, 0.3) is 0 Å². The number of hydrogen-bond acceptors (Lipinski definition) is 5. The van der Waals surface area contributed by atoms with Crippen molar-refractivity contribution in [2.75, 3.05) is 38.1 Å². The summed E-state index contributed by atoms with van der Waals surface area (Å²) in [5, 5.41) is 3.00. The molecule has 1 fully saturated rings. The average molecular weight is 407 g/mol. The van der Waals surface area contributed by atoms with E-state index in [0.29, 0.717) is 0 Å². The first-order valence-corrected chi connectivity index (χ1v) is 11.6. The standard InChI is InChI=1S/C23H26N4OS/c1-26-12-14-27(15-13-26)23-24-21-9-5-4-8-20(21)22(25-23)29(28)19-11-10-17-6-2-3-7-18(17)16-19/h2-3,6-7,10-11,16H,4-5,8-9,12-15H2,1H3. The second kappa shape index (κ2) is 7.84. The number of hydrogen-bond donors (Lipinski definition) is 0. The minimum atomic E-state index is -1.30. The molecule has 0 amide bonds. The number of likely N-dealkylation sites (N-methyl/N-ethyl adjacent to an activating group) is 1. The molecule has 1 atom stereocenters. The van der Waals surface area contributed by atoms with Gasteiger partial charge in [-0.25, -0.2) is 14.2 Å². The molecule has 1 saturated heterocycles. The highest BCUT2D eigenvalue weighted by Crippen LogP contribution is 2.30. The Morgan fingerprint density at radius 2 is 1.66 bits per heavy atom. The smallest absolute Gasteiger partial charge is 0.226 e. The van der Waals surface area contributed by atoms with Crippen molar-refractivity contribution in [2.24, 2.45) is 0 Å². The third kappa shape index (κ3) is 3.67. The number of nitrogens with zero attached hydrogens (tertiary/aromatic N) is 4. The number of rotatable bonds is 3. The Hall–Kier alpha value is -2.31. The number of aromatic nitrogens is 2. The summed E-state index contributed by atoms with van der Waals surface area (Å²) in [5.74, 6) is 0.753. The molecule has 5 nitrogen and oxygen atoms in total. The highest BCUT2D eigenvalue weighted by Gasteiger charge is 2.25. The molecule has 1 aromatic heterocycles. The lowest BCUT2D eigenvalue weighted by molar-refractivity contribution is 0.310. The van der Waals surface area contributed by atoms with Crippen molar-refractivity contribution < 1.29 is 4.21 Å². The van der Waals surface area contributed by atoms with Crippen molar-refractivity contribution in [3.05, 3.63) is 53.7 Å². The molecular weight excluding hydrogens is 380 g/mol. The molecule has 150 valence electrons. The summed E-state index contributed by atoms with van der Waals surface area (Å²) in [6.45, 7) is 3.84. The normalized spacial score (nSPS) is 18.6. The molecule has 0 radical (unpaired) electrons. The molecule has 0 spiro atoms. The van der Waals surface area contributed by atoms with Crippen LogP contribution >= 0.6 is 0 Å². The SMILES string of the molecule is CN1CCN(c2nc3c(c(S(=O)c4ccc5ccccc5c4)n2)CCCC3)CC1. The quantitative estimate of drug-likeness (QED) is 0.624. The van der Waals surface area contributed by atoms with Gasteiger partial charge in [0, 0.05) is 36.6 Å². The molecule has 3 aromatic rings. The maximum atomic E-state index is 13.6. The fourth-order valence-electron chi connectivity index (χ4n) is 4.24. The molecule has 0 saturated carbocycles. The Morgan fingerprint density at radius 1 is 0.897 bits per heavy atom. The monoisotopic (exact) mass is 406 g/mol.